The molecule has 0 aliphatic carbocycles. The number of benzene rings is 2. The second-order valence-electron chi connectivity index (χ2n) is 7.36. The second-order valence-corrected chi connectivity index (χ2v) is 7.36. The van der Waals surface area contributed by atoms with Crippen molar-refractivity contribution in [2.75, 3.05) is 51.1 Å². The summed E-state index contributed by atoms with van der Waals surface area (Å²) in [5, 5.41) is 25.5. The molecule has 0 heterocycles. The maximum atomic E-state index is 9.47. The Bertz CT molecular complexity index is 756. The fourth-order valence-corrected chi connectivity index (χ4v) is 2.99. The highest BCUT2D eigenvalue weighted by Crippen LogP contribution is 2.19. The predicted octanol–water partition coefficient (Wildman–Crippen LogP) is 3.22. The van der Waals surface area contributed by atoms with Crippen molar-refractivity contribution in [1.82, 2.24) is 10.6 Å². The highest BCUT2D eigenvalue weighted by molar-refractivity contribution is 5.48. The molecule has 0 bridgehead atoms. The van der Waals surface area contributed by atoms with Crippen molar-refractivity contribution in [3.05, 3.63) is 59.7 Å². The van der Waals surface area contributed by atoms with Crippen LogP contribution in [0.15, 0.2) is 48.5 Å². The molecule has 0 unspecified atom stereocenters. The molecule has 0 aromatic heterocycles. The van der Waals surface area contributed by atoms with Gasteiger partial charge in [0.05, 0.1) is 12.1 Å². The third kappa shape index (κ3) is 6.50. The van der Waals surface area contributed by atoms with Gasteiger partial charge in [-0.05, 0) is 54.9 Å². The first-order valence-corrected chi connectivity index (χ1v) is 9.77. The molecule has 6 nitrogen and oxygen atoms in total. The van der Waals surface area contributed by atoms with E-state index in [1.807, 2.05) is 86.5 Å². The molecule has 0 aliphatic rings. The van der Waals surface area contributed by atoms with Crippen molar-refractivity contribution >= 4 is 11.4 Å². The lowest BCUT2D eigenvalue weighted by molar-refractivity contribution is 0.551. The standard InChI is InChI=1S/C23H30N6/c1-28(2)20-10-6-18(7-11-20)22(16-24)26-14-5-15-27-23(17-25)19-8-12-21(13-9-19)29(3)4/h6-13,22-23,26-27H,5,14-15H2,1-4H3/t22-,23-/m0/s1. The molecule has 0 radical (unpaired) electrons. The minimum atomic E-state index is -0.337. The zero-order chi connectivity index (χ0) is 21.2. The molecule has 6 heteroatoms. The summed E-state index contributed by atoms with van der Waals surface area (Å²) in [5.41, 5.74) is 4.13. The van der Waals surface area contributed by atoms with Crippen LogP contribution in [0.25, 0.3) is 0 Å². The second kappa shape index (κ2) is 11.1. The summed E-state index contributed by atoms with van der Waals surface area (Å²) >= 11 is 0. The van der Waals surface area contributed by atoms with Gasteiger partial charge in [0.1, 0.15) is 12.1 Å². The zero-order valence-corrected chi connectivity index (χ0v) is 17.7. The SMILES string of the molecule is CN(C)c1ccc([C@H](C#N)NCCCN[C@@H](C#N)c2ccc(N(C)C)cc2)cc1. The number of nitrogens with zero attached hydrogens (tertiary/aromatic N) is 4. The van der Waals surface area contributed by atoms with Crippen molar-refractivity contribution in [1.29, 1.82) is 10.5 Å². The van der Waals surface area contributed by atoms with Crippen molar-refractivity contribution in [3.63, 3.8) is 0 Å². The first kappa shape index (κ1) is 22.2. The van der Waals surface area contributed by atoms with Gasteiger partial charge in [0.15, 0.2) is 0 Å². The predicted molar refractivity (Wildman–Crippen MR) is 119 cm³/mol. The van der Waals surface area contributed by atoms with Crippen molar-refractivity contribution in [2.45, 2.75) is 18.5 Å². The van der Waals surface area contributed by atoms with Gasteiger partial charge in [0, 0.05) is 39.6 Å². The molecular formula is C23H30N6. The van der Waals surface area contributed by atoms with E-state index in [-0.39, 0.29) is 12.1 Å². The molecular weight excluding hydrogens is 360 g/mol. The summed E-state index contributed by atoms with van der Waals surface area (Å²) in [6.07, 6.45) is 0.821. The van der Waals surface area contributed by atoms with E-state index in [4.69, 9.17) is 0 Å². The van der Waals surface area contributed by atoms with Gasteiger partial charge in [-0.2, -0.15) is 10.5 Å². The Labute approximate surface area is 174 Å². The van der Waals surface area contributed by atoms with E-state index < -0.39 is 0 Å². The molecule has 2 aromatic carbocycles. The van der Waals surface area contributed by atoms with E-state index in [9.17, 15) is 10.5 Å². The quantitative estimate of drug-likeness (QED) is 0.607. The molecule has 0 amide bonds. The number of hydrogen-bond donors (Lipinski definition) is 2. The van der Waals surface area contributed by atoms with Gasteiger partial charge in [0.2, 0.25) is 0 Å². The van der Waals surface area contributed by atoms with E-state index in [1.165, 1.54) is 0 Å². The summed E-state index contributed by atoms with van der Waals surface area (Å²) < 4.78 is 0. The normalized spacial score (nSPS) is 12.5. The van der Waals surface area contributed by atoms with Crippen LogP contribution in [0.4, 0.5) is 11.4 Å². The number of nitriles is 2. The van der Waals surface area contributed by atoms with E-state index in [2.05, 4.69) is 22.8 Å². The average molecular weight is 391 g/mol. The Kier molecular flexibility index (Phi) is 8.48. The molecule has 0 saturated carbocycles. The van der Waals surface area contributed by atoms with Gasteiger partial charge in [-0.3, -0.25) is 10.6 Å². The van der Waals surface area contributed by atoms with Crippen LogP contribution in [0, 0.1) is 22.7 Å². The van der Waals surface area contributed by atoms with Gasteiger partial charge >= 0.3 is 0 Å². The third-order valence-electron chi connectivity index (χ3n) is 4.79. The summed E-state index contributed by atoms with van der Waals surface area (Å²) in [6, 6.07) is 20.0. The fraction of sp³-hybridized carbons (Fsp3) is 0.391. The lowest BCUT2D eigenvalue weighted by Gasteiger charge is -2.17. The smallest absolute Gasteiger partial charge is 0.121 e. The Morgan fingerprint density at radius 1 is 0.690 bits per heavy atom. The minimum Gasteiger partial charge on any atom is -0.378 e. The molecule has 0 spiro atoms. The van der Waals surface area contributed by atoms with Crippen molar-refractivity contribution in [2.24, 2.45) is 0 Å². The van der Waals surface area contributed by atoms with Crippen LogP contribution in [0.1, 0.15) is 29.6 Å². The molecule has 0 fully saturated rings. The van der Waals surface area contributed by atoms with Gasteiger partial charge in [-0.1, -0.05) is 24.3 Å². The Balaban J connectivity index is 1.79. The third-order valence-corrected chi connectivity index (χ3v) is 4.79. The first-order chi connectivity index (χ1) is 14.0. The molecule has 0 saturated heterocycles. The van der Waals surface area contributed by atoms with Crippen LogP contribution in [-0.4, -0.2) is 41.3 Å². The number of hydrogen-bond acceptors (Lipinski definition) is 6. The Morgan fingerprint density at radius 2 is 1.03 bits per heavy atom. The lowest BCUT2D eigenvalue weighted by atomic mass is 10.1. The molecule has 2 rings (SSSR count). The van der Waals surface area contributed by atoms with Gasteiger partial charge in [-0.25, -0.2) is 0 Å². The van der Waals surface area contributed by atoms with E-state index in [0.717, 1.165) is 28.9 Å². The highest BCUT2D eigenvalue weighted by atomic mass is 15.1. The molecule has 2 aromatic rings. The number of anilines is 2. The van der Waals surface area contributed by atoms with Gasteiger partial charge in [0.25, 0.3) is 0 Å². The van der Waals surface area contributed by atoms with Crippen LogP contribution in [0.2, 0.25) is 0 Å². The van der Waals surface area contributed by atoms with Crippen molar-refractivity contribution < 1.29 is 0 Å². The van der Waals surface area contributed by atoms with Crippen molar-refractivity contribution in [3.8, 4) is 12.1 Å². The summed E-state index contributed by atoms with van der Waals surface area (Å²) in [7, 11) is 7.97. The molecule has 0 aliphatic heterocycles. The van der Waals surface area contributed by atoms with E-state index in [0.29, 0.717) is 13.1 Å². The highest BCUT2D eigenvalue weighted by Gasteiger charge is 2.11. The number of nitrogens with one attached hydrogen (secondary N) is 2. The Hall–Kier alpha value is -3.06. The Morgan fingerprint density at radius 3 is 1.31 bits per heavy atom. The molecule has 2 N–H and O–H groups in total. The maximum Gasteiger partial charge on any atom is 0.121 e. The maximum absolute atomic E-state index is 9.47. The van der Waals surface area contributed by atoms with Gasteiger partial charge in [-0.15, -0.1) is 0 Å². The molecule has 29 heavy (non-hydrogen) atoms. The number of rotatable bonds is 10. The van der Waals surface area contributed by atoms with Crippen LogP contribution in [-0.2, 0) is 0 Å². The molecule has 152 valence electrons. The summed E-state index contributed by atoms with van der Waals surface area (Å²) in [5.74, 6) is 0. The van der Waals surface area contributed by atoms with Crippen LogP contribution in [0.5, 0.6) is 0 Å². The monoisotopic (exact) mass is 390 g/mol. The largest absolute Gasteiger partial charge is 0.378 e. The summed E-state index contributed by atoms with van der Waals surface area (Å²) in [4.78, 5) is 4.06. The average Bonchev–Trinajstić information content (AvgIpc) is 2.73. The zero-order valence-electron chi connectivity index (χ0n) is 17.7. The van der Waals surface area contributed by atoms with Gasteiger partial charge < -0.3 is 9.80 Å². The fourth-order valence-electron chi connectivity index (χ4n) is 2.99. The van der Waals surface area contributed by atoms with Crippen LogP contribution < -0.4 is 20.4 Å². The van der Waals surface area contributed by atoms with Crippen LogP contribution in [0.3, 0.4) is 0 Å². The first-order valence-electron chi connectivity index (χ1n) is 9.77. The van der Waals surface area contributed by atoms with E-state index >= 15 is 0 Å². The van der Waals surface area contributed by atoms with Crippen LogP contribution >= 0.6 is 0 Å². The van der Waals surface area contributed by atoms with E-state index in [1.54, 1.807) is 0 Å². The minimum absolute atomic E-state index is 0.337. The summed E-state index contributed by atoms with van der Waals surface area (Å²) in [6.45, 7) is 1.39. The topological polar surface area (TPSA) is 78.1 Å². The molecule has 2 atom stereocenters. The lowest BCUT2D eigenvalue weighted by Crippen LogP contribution is -2.27.